The Bertz CT molecular complexity index is 621. The molecule has 0 atom stereocenters. The summed E-state index contributed by atoms with van der Waals surface area (Å²) in [4.78, 5) is 14.9. The predicted molar refractivity (Wildman–Crippen MR) is 76.6 cm³/mol. The van der Waals surface area contributed by atoms with Gasteiger partial charge < -0.3 is 11.5 Å². The van der Waals surface area contributed by atoms with Crippen molar-refractivity contribution in [3.8, 4) is 0 Å². The number of anilines is 1. The number of rotatable bonds is 3. The number of fused-ring (bicyclic) bond motifs is 1. The molecular weight excluding hydrogens is 258 g/mol. The Morgan fingerprint density at radius 1 is 1.26 bits per heavy atom. The molecule has 0 unspecified atom stereocenters. The first-order chi connectivity index (χ1) is 9.15. The minimum atomic E-state index is -0.420. The van der Waals surface area contributed by atoms with E-state index in [2.05, 4.69) is 17.0 Å². The molecule has 0 saturated heterocycles. The number of benzene rings is 1. The second-order valence-corrected chi connectivity index (χ2v) is 5.87. The molecule has 3 rings (SSSR count). The average Bonchev–Trinajstić information content (AvgIpc) is 2.85. The van der Waals surface area contributed by atoms with Crippen molar-refractivity contribution in [1.29, 1.82) is 0 Å². The quantitative estimate of drug-likeness (QED) is 0.897. The van der Waals surface area contributed by atoms with Gasteiger partial charge >= 0.3 is 0 Å². The molecule has 0 saturated carbocycles. The summed E-state index contributed by atoms with van der Waals surface area (Å²) in [5.74, 6) is -0.420. The zero-order valence-corrected chi connectivity index (χ0v) is 11.2. The van der Waals surface area contributed by atoms with Crippen LogP contribution in [-0.2, 0) is 19.6 Å². The van der Waals surface area contributed by atoms with Gasteiger partial charge in [-0.15, -0.1) is 11.3 Å². The number of nitrogens with zero attached hydrogens (tertiary/aromatic N) is 1. The van der Waals surface area contributed by atoms with E-state index in [4.69, 9.17) is 11.5 Å². The van der Waals surface area contributed by atoms with Gasteiger partial charge in [0.25, 0.3) is 5.91 Å². The van der Waals surface area contributed by atoms with Gasteiger partial charge in [0.1, 0.15) is 0 Å². The highest BCUT2D eigenvalue weighted by atomic mass is 32.1. The first kappa shape index (κ1) is 12.2. The van der Waals surface area contributed by atoms with Crippen LogP contribution in [0.5, 0.6) is 0 Å². The smallest absolute Gasteiger partial charge is 0.252 e. The topological polar surface area (TPSA) is 72.3 Å². The molecule has 4 nitrogen and oxygen atoms in total. The Balaban J connectivity index is 1.80. The lowest BCUT2D eigenvalue weighted by molar-refractivity contribution is 0.1000. The molecule has 0 fully saturated rings. The molecule has 1 aliphatic heterocycles. The maximum absolute atomic E-state index is 11.4. The van der Waals surface area contributed by atoms with Gasteiger partial charge in [-0.3, -0.25) is 9.69 Å². The van der Waals surface area contributed by atoms with E-state index in [0.29, 0.717) is 10.6 Å². The Hall–Kier alpha value is -1.85. The summed E-state index contributed by atoms with van der Waals surface area (Å²) >= 11 is 1.48. The molecule has 0 spiro atoms. The SMILES string of the molecule is NC(=O)c1c(N)sc2c1CN(Cc1ccccc1)C2. The van der Waals surface area contributed by atoms with Gasteiger partial charge in [-0.2, -0.15) is 0 Å². The van der Waals surface area contributed by atoms with Crippen molar-refractivity contribution in [1.82, 2.24) is 4.90 Å². The van der Waals surface area contributed by atoms with Crippen LogP contribution in [0.25, 0.3) is 0 Å². The van der Waals surface area contributed by atoms with Crippen molar-refractivity contribution in [2.75, 3.05) is 5.73 Å². The number of hydrogen-bond donors (Lipinski definition) is 2. The van der Waals surface area contributed by atoms with Crippen LogP contribution in [0.2, 0.25) is 0 Å². The molecule has 1 aromatic carbocycles. The van der Waals surface area contributed by atoms with Crippen LogP contribution in [0.1, 0.15) is 26.4 Å². The lowest BCUT2D eigenvalue weighted by Crippen LogP contribution is -2.18. The molecule has 0 bridgehead atoms. The van der Waals surface area contributed by atoms with Gasteiger partial charge in [0.2, 0.25) is 0 Å². The number of nitrogens with two attached hydrogens (primary N) is 2. The minimum Gasteiger partial charge on any atom is -0.390 e. The van der Waals surface area contributed by atoms with Crippen molar-refractivity contribution in [3.05, 3.63) is 51.9 Å². The Morgan fingerprint density at radius 3 is 2.68 bits per heavy atom. The van der Waals surface area contributed by atoms with Gasteiger partial charge in [-0.1, -0.05) is 30.3 Å². The van der Waals surface area contributed by atoms with Gasteiger partial charge in [-0.25, -0.2) is 0 Å². The number of carbonyl (C=O) groups is 1. The number of carbonyl (C=O) groups excluding carboxylic acids is 1. The average molecular weight is 273 g/mol. The number of amides is 1. The summed E-state index contributed by atoms with van der Waals surface area (Å²) in [5, 5.41) is 0.553. The molecule has 1 aromatic heterocycles. The van der Waals surface area contributed by atoms with E-state index in [1.54, 1.807) is 0 Å². The first-order valence-corrected chi connectivity index (χ1v) is 6.93. The molecule has 19 heavy (non-hydrogen) atoms. The number of primary amides is 1. The van der Waals surface area contributed by atoms with E-state index in [0.717, 1.165) is 25.2 Å². The minimum absolute atomic E-state index is 0.420. The summed E-state index contributed by atoms with van der Waals surface area (Å²) in [5.41, 5.74) is 14.1. The lowest BCUT2D eigenvalue weighted by Gasteiger charge is -2.15. The maximum Gasteiger partial charge on any atom is 0.252 e. The molecule has 0 radical (unpaired) electrons. The van der Waals surface area contributed by atoms with Crippen LogP contribution in [0, 0.1) is 0 Å². The highest BCUT2D eigenvalue weighted by molar-refractivity contribution is 7.16. The second-order valence-electron chi connectivity index (χ2n) is 4.74. The third-order valence-electron chi connectivity index (χ3n) is 3.36. The Morgan fingerprint density at radius 2 is 2.00 bits per heavy atom. The van der Waals surface area contributed by atoms with E-state index in [9.17, 15) is 4.79 Å². The summed E-state index contributed by atoms with van der Waals surface area (Å²) in [6.45, 7) is 2.46. The van der Waals surface area contributed by atoms with Crippen LogP contribution in [-0.4, -0.2) is 10.8 Å². The summed E-state index contributed by atoms with van der Waals surface area (Å²) < 4.78 is 0. The molecular formula is C14H15N3OS. The van der Waals surface area contributed by atoms with Gasteiger partial charge in [0.05, 0.1) is 10.6 Å². The number of hydrogen-bond acceptors (Lipinski definition) is 4. The van der Waals surface area contributed by atoms with E-state index in [1.807, 2.05) is 18.2 Å². The van der Waals surface area contributed by atoms with Gasteiger partial charge in [0.15, 0.2) is 0 Å². The van der Waals surface area contributed by atoms with Crippen LogP contribution in [0.15, 0.2) is 30.3 Å². The zero-order chi connectivity index (χ0) is 13.4. The standard InChI is InChI=1S/C14H15N3OS/c15-13(18)12-10-7-17(8-11(10)19-14(12)16)6-9-4-2-1-3-5-9/h1-5H,6-8,16H2,(H2,15,18). The molecule has 0 aliphatic carbocycles. The van der Waals surface area contributed by atoms with Crippen molar-refractivity contribution >= 4 is 22.2 Å². The normalized spacial score (nSPS) is 14.5. The highest BCUT2D eigenvalue weighted by Crippen LogP contribution is 2.37. The van der Waals surface area contributed by atoms with Crippen molar-refractivity contribution in [2.24, 2.45) is 5.73 Å². The van der Waals surface area contributed by atoms with Crippen molar-refractivity contribution in [2.45, 2.75) is 19.6 Å². The second kappa shape index (κ2) is 4.68. The van der Waals surface area contributed by atoms with Crippen molar-refractivity contribution in [3.63, 3.8) is 0 Å². The molecule has 4 N–H and O–H groups in total. The lowest BCUT2D eigenvalue weighted by atomic mass is 10.1. The van der Waals surface area contributed by atoms with Gasteiger partial charge in [-0.05, 0) is 11.1 Å². The van der Waals surface area contributed by atoms with E-state index in [1.165, 1.54) is 21.8 Å². The molecule has 5 heteroatoms. The summed E-state index contributed by atoms with van der Waals surface area (Å²) in [7, 11) is 0. The maximum atomic E-state index is 11.4. The van der Waals surface area contributed by atoms with Crippen LogP contribution in [0.4, 0.5) is 5.00 Å². The fourth-order valence-electron chi connectivity index (χ4n) is 2.53. The first-order valence-electron chi connectivity index (χ1n) is 6.11. The number of nitrogen functional groups attached to an aromatic ring is 1. The highest BCUT2D eigenvalue weighted by Gasteiger charge is 2.28. The predicted octanol–water partition coefficient (Wildman–Crippen LogP) is 1.95. The summed E-state index contributed by atoms with van der Waals surface area (Å²) in [6, 6.07) is 10.3. The van der Waals surface area contributed by atoms with E-state index < -0.39 is 5.91 Å². The molecule has 2 heterocycles. The summed E-state index contributed by atoms with van der Waals surface area (Å²) in [6.07, 6.45) is 0. The fourth-order valence-corrected chi connectivity index (χ4v) is 3.66. The van der Waals surface area contributed by atoms with Gasteiger partial charge in [0, 0.05) is 24.5 Å². The fraction of sp³-hybridized carbons (Fsp3) is 0.214. The van der Waals surface area contributed by atoms with Crippen LogP contribution >= 0.6 is 11.3 Å². The molecule has 1 amide bonds. The Labute approximate surface area is 115 Å². The molecule has 98 valence electrons. The van der Waals surface area contributed by atoms with E-state index in [-0.39, 0.29) is 0 Å². The van der Waals surface area contributed by atoms with Crippen molar-refractivity contribution < 1.29 is 4.79 Å². The zero-order valence-electron chi connectivity index (χ0n) is 10.4. The molecule has 2 aromatic rings. The van der Waals surface area contributed by atoms with Crippen LogP contribution in [0.3, 0.4) is 0 Å². The monoisotopic (exact) mass is 273 g/mol. The third-order valence-corrected chi connectivity index (χ3v) is 4.41. The molecule has 1 aliphatic rings. The largest absolute Gasteiger partial charge is 0.390 e. The third kappa shape index (κ3) is 2.22. The van der Waals surface area contributed by atoms with E-state index >= 15 is 0 Å². The Kier molecular flexibility index (Phi) is 3.00. The number of thiophene rings is 1. The van der Waals surface area contributed by atoms with Crippen LogP contribution < -0.4 is 11.5 Å².